The molecule has 1 aromatic carbocycles. The number of fused-ring (bicyclic) bond motifs is 3. The molecule has 2 heterocycles. The predicted molar refractivity (Wildman–Crippen MR) is 102 cm³/mol. The van der Waals surface area contributed by atoms with E-state index < -0.39 is 10.8 Å². The van der Waals surface area contributed by atoms with E-state index in [1.807, 2.05) is 0 Å². The minimum atomic E-state index is -0.562. The van der Waals surface area contributed by atoms with Crippen molar-refractivity contribution in [2.45, 2.75) is 32.2 Å². The van der Waals surface area contributed by atoms with Crippen LogP contribution in [0.2, 0.25) is 0 Å². The minimum absolute atomic E-state index is 0.0995. The number of anilines is 1. The molecule has 0 saturated carbocycles. The average molecular weight is 384 g/mol. The number of nitrogens with one attached hydrogen (secondary N) is 1. The Labute approximate surface area is 157 Å². The van der Waals surface area contributed by atoms with Crippen LogP contribution >= 0.6 is 11.3 Å². The first-order chi connectivity index (χ1) is 13.0. The summed E-state index contributed by atoms with van der Waals surface area (Å²) in [6, 6.07) is 5.89. The number of hydrogen-bond donors (Lipinski definition) is 1. The molecule has 0 radical (unpaired) electrons. The molecule has 2 aromatic heterocycles. The first-order valence-corrected chi connectivity index (χ1v) is 9.39. The van der Waals surface area contributed by atoms with E-state index in [2.05, 4.69) is 10.3 Å². The molecular weight excluding hydrogens is 368 g/mol. The molecule has 0 saturated heterocycles. The summed E-state index contributed by atoms with van der Waals surface area (Å²) < 4.78 is 1.26. The summed E-state index contributed by atoms with van der Waals surface area (Å²) in [6.45, 7) is -0.252. The lowest BCUT2D eigenvalue weighted by atomic mass is 9.97. The summed E-state index contributed by atoms with van der Waals surface area (Å²) in [5.74, 6) is -0.517. The van der Waals surface area contributed by atoms with E-state index in [0.29, 0.717) is 10.2 Å². The van der Waals surface area contributed by atoms with E-state index in [0.717, 1.165) is 31.2 Å². The third-order valence-electron chi connectivity index (χ3n) is 4.63. The summed E-state index contributed by atoms with van der Waals surface area (Å²) in [5, 5.41) is 14.2. The van der Waals surface area contributed by atoms with Gasteiger partial charge in [-0.3, -0.25) is 24.3 Å². The standard InChI is InChI=1S/C18H16N4O4S/c23-15(20-12-6-2-3-7-13(12)22(25)26)9-21-10-19-17-16(18(21)24)11-5-1-4-8-14(11)27-17/h2-3,6-7,10H,1,4-5,8-9H2,(H,20,23). The van der Waals surface area contributed by atoms with Crippen molar-refractivity contribution in [2.75, 3.05) is 5.32 Å². The van der Waals surface area contributed by atoms with Crippen LogP contribution in [-0.2, 0) is 24.2 Å². The maximum Gasteiger partial charge on any atom is 0.292 e. The molecule has 0 spiro atoms. The smallest absolute Gasteiger partial charge is 0.292 e. The van der Waals surface area contributed by atoms with Crippen molar-refractivity contribution in [3.63, 3.8) is 0 Å². The lowest BCUT2D eigenvalue weighted by molar-refractivity contribution is -0.383. The normalized spacial score (nSPS) is 13.3. The Balaban J connectivity index is 1.62. The fourth-order valence-electron chi connectivity index (χ4n) is 3.38. The Kier molecular flexibility index (Phi) is 4.44. The van der Waals surface area contributed by atoms with Gasteiger partial charge in [0.1, 0.15) is 17.1 Å². The highest BCUT2D eigenvalue weighted by atomic mass is 32.1. The Bertz CT molecular complexity index is 1120. The van der Waals surface area contributed by atoms with Gasteiger partial charge in [-0.2, -0.15) is 0 Å². The topological polar surface area (TPSA) is 107 Å². The number of benzene rings is 1. The Morgan fingerprint density at radius 1 is 1.30 bits per heavy atom. The molecule has 1 aliphatic carbocycles. The quantitative estimate of drug-likeness (QED) is 0.550. The van der Waals surface area contributed by atoms with E-state index >= 15 is 0 Å². The highest BCUT2D eigenvalue weighted by molar-refractivity contribution is 7.18. The zero-order valence-corrected chi connectivity index (χ0v) is 15.1. The number of carbonyl (C=O) groups excluding carboxylic acids is 1. The van der Waals surface area contributed by atoms with Crippen LogP contribution in [0.15, 0.2) is 35.4 Å². The molecular formula is C18H16N4O4S. The second-order valence-corrected chi connectivity index (χ2v) is 7.47. The van der Waals surface area contributed by atoms with Crippen LogP contribution in [-0.4, -0.2) is 20.4 Å². The van der Waals surface area contributed by atoms with Crippen molar-refractivity contribution >= 4 is 38.8 Å². The number of para-hydroxylation sites is 2. The molecule has 0 aliphatic heterocycles. The van der Waals surface area contributed by atoms with Crippen LogP contribution in [0.3, 0.4) is 0 Å². The summed E-state index contributed by atoms with van der Waals surface area (Å²) >= 11 is 1.55. The molecule has 0 unspecified atom stereocenters. The average Bonchev–Trinajstić information content (AvgIpc) is 3.03. The number of amides is 1. The van der Waals surface area contributed by atoms with Crippen LogP contribution in [0.5, 0.6) is 0 Å². The van der Waals surface area contributed by atoms with Gasteiger partial charge < -0.3 is 5.32 Å². The molecule has 1 amide bonds. The number of nitrogens with zero attached hydrogens (tertiary/aromatic N) is 3. The summed E-state index contributed by atoms with van der Waals surface area (Å²) in [5.41, 5.74) is 0.727. The zero-order chi connectivity index (χ0) is 19.0. The summed E-state index contributed by atoms with van der Waals surface area (Å²) in [6.07, 6.45) is 5.36. The van der Waals surface area contributed by atoms with Crippen molar-refractivity contribution in [1.29, 1.82) is 0 Å². The van der Waals surface area contributed by atoms with E-state index in [1.54, 1.807) is 17.4 Å². The molecule has 0 bridgehead atoms. The second kappa shape index (κ2) is 6.92. The number of thiophene rings is 1. The zero-order valence-electron chi connectivity index (χ0n) is 14.3. The number of rotatable bonds is 4. The van der Waals surface area contributed by atoms with Crippen LogP contribution in [0.25, 0.3) is 10.2 Å². The lowest BCUT2D eigenvalue weighted by Crippen LogP contribution is -2.28. The minimum Gasteiger partial charge on any atom is -0.319 e. The lowest BCUT2D eigenvalue weighted by Gasteiger charge is -2.10. The Morgan fingerprint density at radius 3 is 2.89 bits per heavy atom. The van der Waals surface area contributed by atoms with E-state index in [4.69, 9.17) is 0 Å². The maximum atomic E-state index is 12.9. The molecule has 1 N–H and O–H groups in total. The van der Waals surface area contributed by atoms with Gasteiger partial charge in [-0.25, -0.2) is 4.98 Å². The van der Waals surface area contributed by atoms with Gasteiger partial charge in [0.15, 0.2) is 0 Å². The molecule has 9 heteroatoms. The summed E-state index contributed by atoms with van der Waals surface area (Å²) in [7, 11) is 0. The third kappa shape index (κ3) is 3.21. The molecule has 0 atom stereocenters. The highest BCUT2D eigenvalue weighted by Crippen LogP contribution is 2.33. The number of carbonyl (C=O) groups is 1. The number of aryl methyl sites for hydroxylation is 2. The SMILES string of the molecule is O=C(Cn1cnc2sc3c(c2c1=O)CCCC3)Nc1ccccc1[N+](=O)[O-]. The van der Waals surface area contributed by atoms with Gasteiger partial charge in [0, 0.05) is 10.9 Å². The van der Waals surface area contributed by atoms with Crippen LogP contribution < -0.4 is 10.9 Å². The van der Waals surface area contributed by atoms with E-state index in [9.17, 15) is 19.7 Å². The Hall–Kier alpha value is -3.07. The molecule has 8 nitrogen and oxygen atoms in total. The maximum absolute atomic E-state index is 12.9. The first-order valence-electron chi connectivity index (χ1n) is 8.57. The number of aromatic nitrogens is 2. The van der Waals surface area contributed by atoms with Gasteiger partial charge in [0.25, 0.3) is 11.2 Å². The molecule has 4 rings (SSSR count). The van der Waals surface area contributed by atoms with Gasteiger partial charge in [0.05, 0.1) is 16.6 Å². The second-order valence-electron chi connectivity index (χ2n) is 6.39. The number of nitro benzene ring substituents is 1. The van der Waals surface area contributed by atoms with E-state index in [1.165, 1.54) is 34.0 Å². The predicted octanol–water partition coefficient (Wildman–Crippen LogP) is 2.88. The van der Waals surface area contributed by atoms with Gasteiger partial charge in [0.2, 0.25) is 5.91 Å². The molecule has 3 aromatic rings. The molecule has 27 heavy (non-hydrogen) atoms. The van der Waals surface area contributed by atoms with Gasteiger partial charge >= 0.3 is 0 Å². The van der Waals surface area contributed by atoms with Crippen molar-refractivity contribution in [1.82, 2.24) is 9.55 Å². The highest BCUT2D eigenvalue weighted by Gasteiger charge is 2.21. The first kappa shape index (κ1) is 17.3. The van der Waals surface area contributed by atoms with Crippen molar-refractivity contribution < 1.29 is 9.72 Å². The van der Waals surface area contributed by atoms with Gasteiger partial charge in [-0.1, -0.05) is 12.1 Å². The third-order valence-corrected chi connectivity index (χ3v) is 5.83. The summed E-state index contributed by atoms with van der Waals surface area (Å²) in [4.78, 5) is 42.0. The van der Waals surface area contributed by atoms with Crippen molar-refractivity contribution in [3.05, 3.63) is 61.5 Å². The largest absolute Gasteiger partial charge is 0.319 e. The fraction of sp³-hybridized carbons (Fsp3) is 0.278. The number of hydrogen-bond acceptors (Lipinski definition) is 6. The molecule has 1 aliphatic rings. The molecule has 138 valence electrons. The van der Waals surface area contributed by atoms with Crippen molar-refractivity contribution in [3.8, 4) is 0 Å². The monoisotopic (exact) mass is 384 g/mol. The number of nitro groups is 1. The van der Waals surface area contributed by atoms with Crippen LogP contribution in [0, 0.1) is 10.1 Å². The Morgan fingerprint density at radius 2 is 2.07 bits per heavy atom. The van der Waals surface area contributed by atoms with E-state index in [-0.39, 0.29) is 23.5 Å². The van der Waals surface area contributed by atoms with Gasteiger partial charge in [-0.15, -0.1) is 11.3 Å². The van der Waals surface area contributed by atoms with Crippen LogP contribution in [0.4, 0.5) is 11.4 Å². The van der Waals surface area contributed by atoms with Crippen LogP contribution in [0.1, 0.15) is 23.3 Å². The van der Waals surface area contributed by atoms with Crippen molar-refractivity contribution in [2.24, 2.45) is 0 Å². The molecule has 0 fully saturated rings. The van der Waals surface area contributed by atoms with Gasteiger partial charge in [-0.05, 0) is 37.3 Å². The fourth-order valence-corrected chi connectivity index (χ4v) is 4.60.